The predicted octanol–water partition coefficient (Wildman–Crippen LogP) is 4.22. The summed E-state index contributed by atoms with van der Waals surface area (Å²) in [5.41, 5.74) is 6.22. The van der Waals surface area contributed by atoms with Crippen molar-refractivity contribution in [1.29, 1.82) is 0 Å². The molecule has 0 unspecified atom stereocenters. The van der Waals surface area contributed by atoms with Crippen molar-refractivity contribution in [3.05, 3.63) is 59.3 Å². The van der Waals surface area contributed by atoms with Crippen LogP contribution >= 0.6 is 0 Å². The lowest BCUT2D eigenvalue weighted by Gasteiger charge is -2.20. The second-order valence-corrected chi connectivity index (χ2v) is 9.32. The molecular weight excluding hydrogens is 452 g/mol. The molecular formula is C29H30N4O3. The summed E-state index contributed by atoms with van der Waals surface area (Å²) in [4.78, 5) is 11.9. The Morgan fingerprint density at radius 2 is 1.78 bits per heavy atom. The highest BCUT2D eigenvalue weighted by atomic mass is 16.5. The molecule has 1 fully saturated rings. The van der Waals surface area contributed by atoms with Crippen molar-refractivity contribution in [2.24, 2.45) is 0 Å². The van der Waals surface area contributed by atoms with Crippen LogP contribution in [0.4, 0.5) is 11.6 Å². The molecule has 0 spiro atoms. The first-order chi connectivity index (χ1) is 17.8. The van der Waals surface area contributed by atoms with E-state index in [1.165, 1.54) is 18.4 Å². The van der Waals surface area contributed by atoms with Crippen molar-refractivity contribution >= 4 is 11.6 Å². The number of nitrogens with zero attached hydrogens (tertiary/aromatic N) is 3. The number of aromatic nitrogens is 2. The van der Waals surface area contributed by atoms with E-state index in [1.807, 2.05) is 30.5 Å². The number of hydrogen-bond acceptors (Lipinski definition) is 7. The normalized spacial score (nSPS) is 17.2. The molecule has 6 bridgehead atoms. The first-order valence-electron chi connectivity index (χ1n) is 12.8. The SMILES string of the molecule is C(#Cc1ccc2cc1OCCOCCOc1ccc3c(c1)-c1nc(ncc1CC3)N2)CN1CCCC1. The van der Waals surface area contributed by atoms with Gasteiger partial charge < -0.3 is 19.5 Å². The second kappa shape index (κ2) is 10.6. The minimum Gasteiger partial charge on any atom is -0.491 e. The number of fused-ring (bicyclic) bond motifs is 4. The summed E-state index contributed by atoms with van der Waals surface area (Å²) >= 11 is 0. The van der Waals surface area contributed by atoms with Gasteiger partial charge in [0.1, 0.15) is 24.7 Å². The molecule has 3 heterocycles. The Bertz CT molecular complexity index is 1310. The zero-order chi connectivity index (χ0) is 24.2. The van der Waals surface area contributed by atoms with Gasteiger partial charge in [-0.05, 0) is 74.2 Å². The molecule has 0 amide bonds. The molecule has 184 valence electrons. The molecule has 0 atom stereocenters. The Morgan fingerprint density at radius 1 is 0.917 bits per heavy atom. The Labute approximate surface area is 211 Å². The number of aryl methyl sites for hydroxylation is 2. The van der Waals surface area contributed by atoms with E-state index in [4.69, 9.17) is 19.2 Å². The van der Waals surface area contributed by atoms with Crippen LogP contribution in [-0.4, -0.2) is 60.9 Å². The lowest BCUT2D eigenvalue weighted by molar-refractivity contribution is 0.0764. The number of likely N-dealkylation sites (tertiary alicyclic amines) is 1. The Balaban J connectivity index is 1.31. The molecule has 2 aliphatic heterocycles. The fraction of sp³-hybridized carbons (Fsp3) is 0.379. The van der Waals surface area contributed by atoms with Gasteiger partial charge in [0.15, 0.2) is 0 Å². The maximum Gasteiger partial charge on any atom is 0.227 e. The second-order valence-electron chi connectivity index (χ2n) is 9.32. The Hall–Kier alpha value is -3.60. The van der Waals surface area contributed by atoms with Crippen molar-refractivity contribution < 1.29 is 14.2 Å². The lowest BCUT2D eigenvalue weighted by atomic mass is 9.90. The molecule has 7 nitrogen and oxygen atoms in total. The first-order valence-corrected chi connectivity index (χ1v) is 12.8. The summed E-state index contributed by atoms with van der Waals surface area (Å²) in [6.07, 6.45) is 6.36. The molecule has 0 saturated carbocycles. The molecule has 0 radical (unpaired) electrons. The highest BCUT2D eigenvalue weighted by molar-refractivity contribution is 5.72. The summed E-state index contributed by atoms with van der Waals surface area (Å²) in [7, 11) is 0. The average Bonchev–Trinajstić information content (AvgIpc) is 3.42. The topological polar surface area (TPSA) is 68.7 Å². The molecule has 7 heteroatoms. The lowest BCUT2D eigenvalue weighted by Crippen LogP contribution is -2.19. The molecule has 36 heavy (non-hydrogen) atoms. The fourth-order valence-corrected chi connectivity index (χ4v) is 4.91. The van der Waals surface area contributed by atoms with Gasteiger partial charge in [-0.15, -0.1) is 0 Å². The molecule has 3 aromatic rings. The highest BCUT2D eigenvalue weighted by Gasteiger charge is 2.20. The largest absolute Gasteiger partial charge is 0.491 e. The Morgan fingerprint density at radius 3 is 2.69 bits per heavy atom. The smallest absolute Gasteiger partial charge is 0.227 e. The third-order valence-electron chi connectivity index (χ3n) is 6.81. The number of rotatable bonds is 1. The van der Waals surface area contributed by atoms with E-state index in [0.29, 0.717) is 32.4 Å². The first kappa shape index (κ1) is 22.8. The van der Waals surface area contributed by atoms with E-state index in [9.17, 15) is 0 Å². The minimum atomic E-state index is 0.429. The van der Waals surface area contributed by atoms with Gasteiger partial charge in [-0.3, -0.25) is 4.90 Å². The van der Waals surface area contributed by atoms with Crippen molar-refractivity contribution in [3.8, 4) is 34.6 Å². The highest BCUT2D eigenvalue weighted by Crippen LogP contribution is 2.35. The van der Waals surface area contributed by atoms with Gasteiger partial charge in [-0.1, -0.05) is 17.9 Å². The maximum absolute atomic E-state index is 6.10. The van der Waals surface area contributed by atoms with Crippen LogP contribution in [0.1, 0.15) is 29.5 Å². The monoisotopic (exact) mass is 482 g/mol. The molecule has 1 aromatic heterocycles. The van der Waals surface area contributed by atoms with Crippen LogP contribution in [0, 0.1) is 11.8 Å². The zero-order valence-corrected chi connectivity index (χ0v) is 20.4. The van der Waals surface area contributed by atoms with Gasteiger partial charge >= 0.3 is 0 Å². The molecule has 6 rings (SSSR count). The molecule has 1 saturated heterocycles. The summed E-state index contributed by atoms with van der Waals surface area (Å²) in [6.45, 7) is 4.92. The van der Waals surface area contributed by atoms with Crippen LogP contribution < -0.4 is 14.8 Å². The van der Waals surface area contributed by atoms with Gasteiger partial charge in [0.2, 0.25) is 5.95 Å². The van der Waals surface area contributed by atoms with Crippen molar-refractivity contribution in [1.82, 2.24) is 14.9 Å². The van der Waals surface area contributed by atoms with Crippen LogP contribution in [-0.2, 0) is 17.6 Å². The summed E-state index contributed by atoms with van der Waals surface area (Å²) < 4.78 is 17.8. The standard InChI is InChI=1S/C29H30N4O3/c1-2-12-33(11-1)13-3-4-22-7-9-24-18-27(22)36-17-15-34-14-16-35-25-10-8-21-5-6-23-20-30-29(31-24)32-28(23)26(21)19-25/h7-10,18-20H,1-2,5-6,11-17H2,(H,30,31,32). The van der Waals surface area contributed by atoms with E-state index in [-0.39, 0.29) is 0 Å². The van der Waals surface area contributed by atoms with Crippen molar-refractivity contribution in [2.75, 3.05) is 51.4 Å². The van der Waals surface area contributed by atoms with Crippen LogP contribution in [0.5, 0.6) is 11.5 Å². The molecule has 1 N–H and O–H groups in total. The Kier molecular flexibility index (Phi) is 6.70. The van der Waals surface area contributed by atoms with Crippen LogP contribution in [0.3, 0.4) is 0 Å². The van der Waals surface area contributed by atoms with Gasteiger partial charge in [-0.25, -0.2) is 9.97 Å². The van der Waals surface area contributed by atoms with E-state index in [2.05, 4.69) is 39.2 Å². The average molecular weight is 483 g/mol. The van der Waals surface area contributed by atoms with Crippen molar-refractivity contribution in [3.63, 3.8) is 0 Å². The molecule has 2 aromatic carbocycles. The van der Waals surface area contributed by atoms with Crippen LogP contribution in [0.25, 0.3) is 11.3 Å². The van der Waals surface area contributed by atoms with Crippen LogP contribution in [0.2, 0.25) is 0 Å². The van der Waals surface area contributed by atoms with Crippen LogP contribution in [0.15, 0.2) is 42.6 Å². The third-order valence-corrected chi connectivity index (χ3v) is 6.81. The summed E-state index contributed by atoms with van der Waals surface area (Å²) in [6, 6.07) is 12.2. The van der Waals surface area contributed by atoms with E-state index in [1.54, 1.807) is 0 Å². The number of benzene rings is 2. The van der Waals surface area contributed by atoms with Gasteiger partial charge in [0, 0.05) is 23.5 Å². The summed E-state index contributed by atoms with van der Waals surface area (Å²) in [5.74, 6) is 8.73. The predicted molar refractivity (Wildman–Crippen MR) is 139 cm³/mol. The number of ether oxygens (including phenoxy) is 3. The van der Waals surface area contributed by atoms with E-state index in [0.717, 1.165) is 72.0 Å². The van der Waals surface area contributed by atoms with Crippen molar-refractivity contribution in [2.45, 2.75) is 25.7 Å². The number of nitrogens with one attached hydrogen (secondary N) is 1. The van der Waals surface area contributed by atoms with Gasteiger partial charge in [-0.2, -0.15) is 0 Å². The third kappa shape index (κ3) is 5.15. The fourth-order valence-electron chi connectivity index (χ4n) is 4.91. The number of anilines is 2. The maximum atomic E-state index is 6.10. The molecule has 3 aliphatic rings. The zero-order valence-electron chi connectivity index (χ0n) is 20.4. The van der Waals surface area contributed by atoms with E-state index < -0.39 is 0 Å². The molecule has 1 aliphatic carbocycles. The van der Waals surface area contributed by atoms with E-state index >= 15 is 0 Å². The quantitative estimate of drug-likeness (QED) is 0.521. The minimum absolute atomic E-state index is 0.429. The van der Waals surface area contributed by atoms with Gasteiger partial charge in [0.05, 0.1) is 31.0 Å². The van der Waals surface area contributed by atoms with Gasteiger partial charge in [0.25, 0.3) is 0 Å². The number of hydrogen-bond donors (Lipinski definition) is 1. The summed E-state index contributed by atoms with van der Waals surface area (Å²) in [5, 5.41) is 3.36.